The lowest BCUT2D eigenvalue weighted by Crippen LogP contribution is -2.17. The summed E-state index contributed by atoms with van der Waals surface area (Å²) >= 11 is 13.7. The minimum atomic E-state index is 0.346. The number of hydrogen-bond donors (Lipinski definition) is 1. The van der Waals surface area contributed by atoms with Crippen LogP contribution < -0.4 is 5.32 Å². The number of aryl methyl sites for hydroxylation is 1. The molecule has 1 aromatic heterocycles. The summed E-state index contributed by atoms with van der Waals surface area (Å²) in [5.74, 6) is 0. The van der Waals surface area contributed by atoms with Crippen LogP contribution in [-0.2, 0) is 6.54 Å². The molecule has 0 saturated heterocycles. The second-order valence-electron chi connectivity index (χ2n) is 4.30. The Balaban J connectivity index is 1.97. The number of halogens is 2. The van der Waals surface area contributed by atoms with Gasteiger partial charge in [-0.15, -0.1) is 11.3 Å². The Morgan fingerprint density at radius 3 is 2.56 bits per heavy atom. The van der Waals surface area contributed by atoms with Gasteiger partial charge < -0.3 is 5.32 Å². The Morgan fingerprint density at radius 2 is 1.94 bits per heavy atom. The molecule has 1 aromatic carbocycles. The van der Waals surface area contributed by atoms with E-state index in [0.717, 1.165) is 12.1 Å². The third-order valence-corrected chi connectivity index (χ3v) is 4.71. The molecule has 0 aliphatic heterocycles. The first-order chi connectivity index (χ1) is 8.56. The van der Waals surface area contributed by atoms with E-state index in [0.29, 0.717) is 16.1 Å². The van der Waals surface area contributed by atoms with E-state index in [1.807, 2.05) is 29.5 Å². The molecule has 0 amide bonds. The Kier molecular flexibility index (Phi) is 4.68. The lowest BCUT2D eigenvalue weighted by atomic mass is 10.2. The van der Waals surface area contributed by atoms with Crippen LogP contribution in [0.3, 0.4) is 0 Å². The molecule has 1 N–H and O–H groups in total. The molecule has 96 valence electrons. The van der Waals surface area contributed by atoms with Crippen LogP contribution in [0.2, 0.25) is 10.0 Å². The molecule has 2 aromatic rings. The van der Waals surface area contributed by atoms with E-state index >= 15 is 0 Å². The van der Waals surface area contributed by atoms with E-state index in [4.69, 9.17) is 23.2 Å². The molecular weight excluding hydrogens is 285 g/mol. The predicted octanol–water partition coefficient (Wildman–Crippen LogP) is 5.21. The van der Waals surface area contributed by atoms with Crippen LogP contribution in [0.5, 0.6) is 0 Å². The van der Waals surface area contributed by atoms with E-state index in [1.165, 1.54) is 9.75 Å². The summed E-state index contributed by atoms with van der Waals surface area (Å²) in [6, 6.07) is 10.4. The van der Waals surface area contributed by atoms with E-state index in [2.05, 4.69) is 31.3 Å². The molecule has 1 nitrogen and oxygen atoms in total. The second-order valence-corrected chi connectivity index (χ2v) is 6.43. The van der Waals surface area contributed by atoms with Crippen LogP contribution in [0.15, 0.2) is 30.3 Å². The van der Waals surface area contributed by atoms with E-state index in [-0.39, 0.29) is 0 Å². The largest absolute Gasteiger partial charge is 0.305 e. The number of hydrogen-bond acceptors (Lipinski definition) is 2. The molecule has 1 heterocycles. The van der Waals surface area contributed by atoms with Crippen molar-refractivity contribution in [3.63, 3.8) is 0 Å². The van der Waals surface area contributed by atoms with Crippen LogP contribution in [-0.4, -0.2) is 0 Å². The second kappa shape index (κ2) is 6.07. The number of rotatable bonds is 4. The molecule has 1 unspecified atom stereocenters. The van der Waals surface area contributed by atoms with Crippen molar-refractivity contribution in [3.05, 3.63) is 55.7 Å². The first-order valence-electron chi connectivity index (χ1n) is 5.80. The van der Waals surface area contributed by atoms with Gasteiger partial charge in [0.05, 0.1) is 10.0 Å². The SMILES string of the molecule is Cc1ccc(C(C)NCc2ccc(Cl)c(Cl)c2)s1. The van der Waals surface area contributed by atoms with Crippen molar-refractivity contribution in [2.24, 2.45) is 0 Å². The minimum absolute atomic E-state index is 0.346. The van der Waals surface area contributed by atoms with Crippen LogP contribution >= 0.6 is 34.5 Å². The predicted molar refractivity (Wildman–Crippen MR) is 80.8 cm³/mol. The number of benzene rings is 1. The number of nitrogens with one attached hydrogen (secondary N) is 1. The zero-order valence-corrected chi connectivity index (χ0v) is 12.7. The molecule has 0 saturated carbocycles. The van der Waals surface area contributed by atoms with Crippen molar-refractivity contribution in [2.75, 3.05) is 0 Å². The summed E-state index contributed by atoms with van der Waals surface area (Å²) in [5, 5.41) is 4.69. The van der Waals surface area contributed by atoms with Crippen molar-refractivity contribution < 1.29 is 0 Å². The summed E-state index contributed by atoms with van der Waals surface area (Å²) in [4.78, 5) is 2.70. The van der Waals surface area contributed by atoms with Crippen LogP contribution in [0.25, 0.3) is 0 Å². The van der Waals surface area contributed by atoms with Gasteiger partial charge in [0.15, 0.2) is 0 Å². The summed E-state index contributed by atoms with van der Waals surface area (Å²) < 4.78 is 0. The molecule has 0 radical (unpaired) electrons. The van der Waals surface area contributed by atoms with Gasteiger partial charge in [0, 0.05) is 22.3 Å². The topological polar surface area (TPSA) is 12.0 Å². The van der Waals surface area contributed by atoms with Gasteiger partial charge in [0.25, 0.3) is 0 Å². The van der Waals surface area contributed by atoms with Gasteiger partial charge in [-0.3, -0.25) is 0 Å². The summed E-state index contributed by atoms with van der Waals surface area (Å²) in [6.07, 6.45) is 0. The third-order valence-electron chi connectivity index (χ3n) is 2.78. The average molecular weight is 300 g/mol. The highest BCUT2D eigenvalue weighted by atomic mass is 35.5. The molecule has 0 spiro atoms. The summed E-state index contributed by atoms with van der Waals surface area (Å²) in [7, 11) is 0. The third kappa shape index (κ3) is 3.48. The lowest BCUT2D eigenvalue weighted by Gasteiger charge is -2.12. The highest BCUT2D eigenvalue weighted by molar-refractivity contribution is 7.12. The summed E-state index contributed by atoms with van der Waals surface area (Å²) in [5.41, 5.74) is 1.14. The van der Waals surface area contributed by atoms with Crippen molar-refractivity contribution in [1.29, 1.82) is 0 Å². The Labute approximate surface area is 122 Å². The van der Waals surface area contributed by atoms with Crippen LogP contribution in [0, 0.1) is 6.92 Å². The Bertz CT molecular complexity index is 536. The molecule has 0 aliphatic carbocycles. The van der Waals surface area contributed by atoms with Crippen LogP contribution in [0.1, 0.15) is 28.3 Å². The molecular formula is C14H15Cl2NS. The molecule has 0 bridgehead atoms. The fourth-order valence-corrected chi connectivity index (χ4v) is 2.93. The molecule has 4 heteroatoms. The van der Waals surface area contributed by atoms with Crippen molar-refractivity contribution >= 4 is 34.5 Å². The van der Waals surface area contributed by atoms with E-state index in [1.54, 1.807) is 0 Å². The Hall–Kier alpha value is -0.540. The average Bonchev–Trinajstić information content (AvgIpc) is 2.77. The smallest absolute Gasteiger partial charge is 0.0595 e. The van der Waals surface area contributed by atoms with Gasteiger partial charge in [0.2, 0.25) is 0 Å². The van der Waals surface area contributed by atoms with Crippen molar-refractivity contribution in [2.45, 2.75) is 26.4 Å². The maximum Gasteiger partial charge on any atom is 0.0595 e. The lowest BCUT2D eigenvalue weighted by molar-refractivity contribution is 0.583. The van der Waals surface area contributed by atoms with Gasteiger partial charge in [-0.25, -0.2) is 0 Å². The van der Waals surface area contributed by atoms with Gasteiger partial charge in [-0.2, -0.15) is 0 Å². The number of thiophene rings is 1. The van der Waals surface area contributed by atoms with Gasteiger partial charge in [-0.05, 0) is 43.7 Å². The first kappa shape index (κ1) is 13.9. The van der Waals surface area contributed by atoms with E-state index in [9.17, 15) is 0 Å². The Morgan fingerprint density at radius 1 is 1.17 bits per heavy atom. The van der Waals surface area contributed by atoms with Crippen LogP contribution in [0.4, 0.5) is 0 Å². The molecule has 2 rings (SSSR count). The molecule has 0 aliphatic rings. The normalized spacial score (nSPS) is 12.7. The first-order valence-corrected chi connectivity index (χ1v) is 7.37. The fourth-order valence-electron chi connectivity index (χ4n) is 1.71. The van der Waals surface area contributed by atoms with Gasteiger partial charge >= 0.3 is 0 Å². The highest BCUT2D eigenvalue weighted by Gasteiger charge is 2.07. The monoisotopic (exact) mass is 299 g/mol. The molecule has 1 atom stereocenters. The van der Waals surface area contributed by atoms with E-state index < -0.39 is 0 Å². The summed E-state index contributed by atoms with van der Waals surface area (Å²) in [6.45, 7) is 5.08. The highest BCUT2D eigenvalue weighted by Crippen LogP contribution is 2.24. The zero-order chi connectivity index (χ0) is 13.1. The zero-order valence-electron chi connectivity index (χ0n) is 10.3. The minimum Gasteiger partial charge on any atom is -0.305 e. The van der Waals surface area contributed by atoms with Crippen molar-refractivity contribution in [1.82, 2.24) is 5.32 Å². The van der Waals surface area contributed by atoms with Gasteiger partial charge in [-0.1, -0.05) is 29.3 Å². The molecule has 0 fully saturated rings. The maximum atomic E-state index is 5.99. The quantitative estimate of drug-likeness (QED) is 0.817. The molecule has 18 heavy (non-hydrogen) atoms. The maximum absolute atomic E-state index is 5.99. The van der Waals surface area contributed by atoms with Gasteiger partial charge in [0.1, 0.15) is 0 Å². The fraction of sp³-hybridized carbons (Fsp3) is 0.286. The van der Waals surface area contributed by atoms with Crippen molar-refractivity contribution in [3.8, 4) is 0 Å². The standard InChI is InChI=1S/C14H15Cl2NS/c1-9-3-6-14(18-9)10(2)17-8-11-4-5-12(15)13(16)7-11/h3-7,10,17H,8H2,1-2H3.